The molecule has 0 unspecified atom stereocenters. The number of carbonyl (C=O) groups is 1. The zero-order valence-electron chi connectivity index (χ0n) is 9.23. The average Bonchev–Trinajstić information content (AvgIpc) is 2.29. The Kier molecular flexibility index (Phi) is 3.00. The molecule has 2 rings (SSSR count). The summed E-state index contributed by atoms with van der Waals surface area (Å²) in [4.78, 5) is 29.2. The van der Waals surface area contributed by atoms with Gasteiger partial charge in [-0.05, 0) is 25.1 Å². The number of aromatic amines is 1. The minimum Gasteiger partial charge on any atom is -0.328 e. The predicted molar refractivity (Wildman–Crippen MR) is 64.0 cm³/mol. The molecule has 0 radical (unpaired) electrons. The molecule has 2 heterocycles. The molecule has 5 heteroatoms. The van der Waals surface area contributed by atoms with Gasteiger partial charge in [0.15, 0.2) is 0 Å². The minimum absolute atomic E-state index is 0.241. The van der Waals surface area contributed by atoms with E-state index in [1.807, 2.05) is 19.1 Å². The molecule has 0 saturated heterocycles. The SMILES string of the molecule is Cc1cccc(NC(=O)c2ccc(=O)[nH]c2)n1. The third-order valence-corrected chi connectivity index (χ3v) is 2.18. The van der Waals surface area contributed by atoms with Crippen LogP contribution in [0.5, 0.6) is 0 Å². The maximum atomic E-state index is 11.8. The Morgan fingerprint density at radius 1 is 1.29 bits per heavy atom. The van der Waals surface area contributed by atoms with Crippen molar-refractivity contribution in [2.24, 2.45) is 0 Å². The van der Waals surface area contributed by atoms with E-state index < -0.39 is 0 Å². The van der Waals surface area contributed by atoms with Crippen LogP contribution in [-0.4, -0.2) is 15.9 Å². The molecule has 0 aliphatic heterocycles. The Bertz CT molecular complexity index is 584. The molecule has 2 N–H and O–H groups in total. The summed E-state index contributed by atoms with van der Waals surface area (Å²) in [7, 11) is 0. The summed E-state index contributed by atoms with van der Waals surface area (Å²) in [5, 5.41) is 2.65. The van der Waals surface area contributed by atoms with Crippen LogP contribution in [0.3, 0.4) is 0 Å². The van der Waals surface area contributed by atoms with Gasteiger partial charge in [0.1, 0.15) is 5.82 Å². The van der Waals surface area contributed by atoms with E-state index in [-0.39, 0.29) is 11.5 Å². The van der Waals surface area contributed by atoms with Gasteiger partial charge < -0.3 is 10.3 Å². The van der Waals surface area contributed by atoms with Crippen molar-refractivity contribution in [1.82, 2.24) is 9.97 Å². The van der Waals surface area contributed by atoms with Gasteiger partial charge in [-0.1, -0.05) is 6.07 Å². The fourth-order valence-corrected chi connectivity index (χ4v) is 1.35. The number of anilines is 1. The van der Waals surface area contributed by atoms with Crippen molar-refractivity contribution in [3.05, 3.63) is 58.1 Å². The van der Waals surface area contributed by atoms with Crippen LogP contribution in [0.2, 0.25) is 0 Å². The Labute approximate surface area is 97.5 Å². The summed E-state index contributed by atoms with van der Waals surface area (Å²) >= 11 is 0. The number of pyridine rings is 2. The number of hydrogen-bond donors (Lipinski definition) is 2. The highest BCUT2D eigenvalue weighted by molar-refractivity contribution is 6.03. The summed E-state index contributed by atoms with van der Waals surface area (Å²) in [6, 6.07) is 8.12. The van der Waals surface area contributed by atoms with Gasteiger partial charge >= 0.3 is 0 Å². The van der Waals surface area contributed by atoms with Crippen LogP contribution in [0.4, 0.5) is 5.82 Å². The van der Waals surface area contributed by atoms with Crippen molar-refractivity contribution in [3.63, 3.8) is 0 Å². The standard InChI is InChI=1S/C12H11N3O2/c1-8-3-2-4-10(14-8)15-12(17)9-5-6-11(16)13-7-9/h2-7H,1H3,(H,13,16)(H,14,15,17). The molecule has 17 heavy (non-hydrogen) atoms. The first-order valence-corrected chi connectivity index (χ1v) is 5.09. The normalized spacial score (nSPS) is 9.94. The average molecular weight is 229 g/mol. The topological polar surface area (TPSA) is 74.8 Å². The van der Waals surface area contributed by atoms with Crippen molar-refractivity contribution < 1.29 is 4.79 Å². The molecule has 2 aromatic rings. The molecule has 86 valence electrons. The monoisotopic (exact) mass is 229 g/mol. The number of nitrogens with zero attached hydrogens (tertiary/aromatic N) is 1. The van der Waals surface area contributed by atoms with E-state index in [0.717, 1.165) is 5.69 Å². The number of nitrogens with one attached hydrogen (secondary N) is 2. The number of H-pyrrole nitrogens is 1. The number of aryl methyl sites for hydroxylation is 1. The van der Waals surface area contributed by atoms with E-state index in [0.29, 0.717) is 11.4 Å². The van der Waals surface area contributed by atoms with Gasteiger partial charge in [-0.25, -0.2) is 4.98 Å². The Balaban J connectivity index is 2.17. The molecule has 0 bridgehead atoms. The first-order valence-electron chi connectivity index (χ1n) is 5.09. The van der Waals surface area contributed by atoms with Gasteiger partial charge in [-0.3, -0.25) is 9.59 Å². The Morgan fingerprint density at radius 2 is 2.12 bits per heavy atom. The zero-order chi connectivity index (χ0) is 12.3. The molecular formula is C12H11N3O2. The van der Waals surface area contributed by atoms with Crippen molar-refractivity contribution >= 4 is 11.7 Å². The maximum absolute atomic E-state index is 11.8. The van der Waals surface area contributed by atoms with E-state index in [4.69, 9.17) is 0 Å². The number of rotatable bonds is 2. The smallest absolute Gasteiger partial charge is 0.258 e. The molecule has 0 aliphatic carbocycles. The zero-order valence-corrected chi connectivity index (χ0v) is 9.23. The highest BCUT2D eigenvalue weighted by Crippen LogP contribution is 2.05. The molecular weight excluding hydrogens is 218 g/mol. The first-order chi connectivity index (χ1) is 8.15. The summed E-state index contributed by atoms with van der Waals surface area (Å²) < 4.78 is 0. The van der Waals surface area contributed by atoms with Gasteiger partial charge in [0.25, 0.3) is 5.91 Å². The van der Waals surface area contributed by atoms with Gasteiger partial charge in [0.2, 0.25) is 5.56 Å². The van der Waals surface area contributed by atoms with Crippen molar-refractivity contribution in [2.45, 2.75) is 6.92 Å². The third-order valence-electron chi connectivity index (χ3n) is 2.18. The van der Waals surface area contributed by atoms with E-state index in [1.165, 1.54) is 18.3 Å². The molecule has 2 aromatic heterocycles. The van der Waals surface area contributed by atoms with Gasteiger partial charge in [-0.2, -0.15) is 0 Å². The molecule has 0 spiro atoms. The van der Waals surface area contributed by atoms with E-state index in [2.05, 4.69) is 15.3 Å². The summed E-state index contributed by atoms with van der Waals surface area (Å²) in [5.41, 5.74) is 0.965. The molecule has 0 fully saturated rings. The van der Waals surface area contributed by atoms with E-state index >= 15 is 0 Å². The lowest BCUT2D eigenvalue weighted by molar-refractivity contribution is 0.102. The number of carbonyl (C=O) groups excluding carboxylic acids is 1. The second kappa shape index (κ2) is 4.61. The fourth-order valence-electron chi connectivity index (χ4n) is 1.35. The van der Waals surface area contributed by atoms with Crippen LogP contribution in [-0.2, 0) is 0 Å². The number of hydrogen-bond acceptors (Lipinski definition) is 3. The van der Waals surface area contributed by atoms with Crippen LogP contribution in [0.15, 0.2) is 41.3 Å². The number of aromatic nitrogens is 2. The van der Waals surface area contributed by atoms with Crippen LogP contribution in [0.1, 0.15) is 16.1 Å². The van der Waals surface area contributed by atoms with Crippen LogP contribution in [0, 0.1) is 6.92 Å². The Morgan fingerprint density at radius 3 is 2.76 bits per heavy atom. The third kappa shape index (κ3) is 2.78. The van der Waals surface area contributed by atoms with Crippen LogP contribution < -0.4 is 10.9 Å². The van der Waals surface area contributed by atoms with Gasteiger partial charge in [0.05, 0.1) is 5.56 Å². The first kappa shape index (κ1) is 11.1. The van der Waals surface area contributed by atoms with Gasteiger partial charge in [0, 0.05) is 18.0 Å². The summed E-state index contributed by atoms with van der Waals surface area (Å²) in [6.07, 6.45) is 1.37. The molecule has 0 atom stereocenters. The number of amides is 1. The highest BCUT2D eigenvalue weighted by Gasteiger charge is 2.06. The molecule has 5 nitrogen and oxygen atoms in total. The lowest BCUT2D eigenvalue weighted by Gasteiger charge is -2.04. The molecule has 0 aromatic carbocycles. The predicted octanol–water partition coefficient (Wildman–Crippen LogP) is 1.33. The molecule has 0 aliphatic rings. The van der Waals surface area contributed by atoms with Crippen LogP contribution in [0.25, 0.3) is 0 Å². The summed E-state index contributed by atoms with van der Waals surface area (Å²) in [6.45, 7) is 1.84. The highest BCUT2D eigenvalue weighted by atomic mass is 16.2. The maximum Gasteiger partial charge on any atom is 0.258 e. The molecule has 1 amide bonds. The van der Waals surface area contributed by atoms with Crippen molar-refractivity contribution in [1.29, 1.82) is 0 Å². The lowest BCUT2D eigenvalue weighted by Crippen LogP contribution is -2.15. The second-order valence-electron chi connectivity index (χ2n) is 3.56. The molecule has 0 saturated carbocycles. The van der Waals surface area contributed by atoms with E-state index in [9.17, 15) is 9.59 Å². The Hall–Kier alpha value is -2.43. The fraction of sp³-hybridized carbons (Fsp3) is 0.0833. The van der Waals surface area contributed by atoms with Crippen molar-refractivity contribution in [2.75, 3.05) is 5.32 Å². The van der Waals surface area contributed by atoms with Gasteiger partial charge in [-0.15, -0.1) is 0 Å². The van der Waals surface area contributed by atoms with Crippen LogP contribution >= 0.6 is 0 Å². The minimum atomic E-state index is -0.306. The largest absolute Gasteiger partial charge is 0.328 e. The lowest BCUT2D eigenvalue weighted by atomic mass is 10.2. The van der Waals surface area contributed by atoms with Crippen molar-refractivity contribution in [3.8, 4) is 0 Å². The summed E-state index contributed by atoms with van der Waals surface area (Å²) in [5.74, 6) is 0.181. The van der Waals surface area contributed by atoms with E-state index in [1.54, 1.807) is 6.07 Å². The quantitative estimate of drug-likeness (QED) is 0.815. The second-order valence-corrected chi connectivity index (χ2v) is 3.56.